The molecule has 2 unspecified atom stereocenters. The number of fused-ring (bicyclic) bond motifs is 1. The van der Waals surface area contributed by atoms with Crippen molar-refractivity contribution in [2.45, 2.75) is 31.3 Å². The molecule has 0 aliphatic heterocycles. The van der Waals surface area contributed by atoms with Crippen LogP contribution < -0.4 is 11.1 Å². The highest BCUT2D eigenvalue weighted by atomic mass is 16.1. The minimum atomic E-state index is -0.0274. The van der Waals surface area contributed by atoms with Crippen molar-refractivity contribution in [3.05, 3.63) is 36.0 Å². The van der Waals surface area contributed by atoms with Gasteiger partial charge in [-0.2, -0.15) is 0 Å². The molecule has 1 heterocycles. The van der Waals surface area contributed by atoms with E-state index in [1.165, 1.54) is 0 Å². The Bertz CT molecular complexity index is 575. The van der Waals surface area contributed by atoms with Crippen molar-refractivity contribution >= 4 is 16.8 Å². The average molecular weight is 243 g/mol. The van der Waals surface area contributed by atoms with E-state index in [4.69, 9.17) is 5.73 Å². The van der Waals surface area contributed by atoms with E-state index in [0.717, 1.165) is 30.2 Å². The Labute approximate surface area is 106 Å². The summed E-state index contributed by atoms with van der Waals surface area (Å²) >= 11 is 0. The number of nitrogens with one attached hydrogen (secondary N) is 2. The Morgan fingerprint density at radius 1 is 1.33 bits per heavy atom. The van der Waals surface area contributed by atoms with Crippen LogP contribution >= 0.6 is 0 Å². The van der Waals surface area contributed by atoms with Gasteiger partial charge in [-0.15, -0.1) is 0 Å². The maximum Gasteiger partial charge on any atom is 0.251 e. The van der Waals surface area contributed by atoms with Crippen molar-refractivity contribution in [1.82, 2.24) is 10.3 Å². The van der Waals surface area contributed by atoms with Crippen molar-refractivity contribution in [1.29, 1.82) is 0 Å². The number of aromatic nitrogens is 1. The molecule has 4 N–H and O–H groups in total. The fourth-order valence-electron chi connectivity index (χ4n) is 2.61. The number of amides is 1. The highest BCUT2D eigenvalue weighted by Gasteiger charge is 2.25. The lowest BCUT2D eigenvalue weighted by Crippen LogP contribution is -2.43. The van der Waals surface area contributed by atoms with Crippen LogP contribution in [0.1, 0.15) is 29.6 Å². The molecule has 1 fully saturated rings. The second kappa shape index (κ2) is 4.46. The van der Waals surface area contributed by atoms with Gasteiger partial charge >= 0.3 is 0 Å². The molecule has 18 heavy (non-hydrogen) atoms. The Hall–Kier alpha value is -1.81. The number of aromatic amines is 1. The molecular weight excluding hydrogens is 226 g/mol. The molecule has 94 valence electrons. The fraction of sp³-hybridized carbons (Fsp3) is 0.357. The van der Waals surface area contributed by atoms with Crippen molar-refractivity contribution in [3.63, 3.8) is 0 Å². The molecule has 0 saturated heterocycles. The van der Waals surface area contributed by atoms with E-state index in [0.29, 0.717) is 5.56 Å². The van der Waals surface area contributed by atoms with Gasteiger partial charge in [0.05, 0.1) is 0 Å². The van der Waals surface area contributed by atoms with Gasteiger partial charge in [-0.3, -0.25) is 4.79 Å². The van der Waals surface area contributed by atoms with E-state index in [1.807, 2.05) is 30.5 Å². The number of carbonyl (C=O) groups is 1. The summed E-state index contributed by atoms with van der Waals surface area (Å²) in [7, 11) is 0. The topological polar surface area (TPSA) is 70.9 Å². The third-order valence-electron chi connectivity index (χ3n) is 3.70. The van der Waals surface area contributed by atoms with Crippen molar-refractivity contribution in [2.24, 2.45) is 5.73 Å². The maximum absolute atomic E-state index is 12.1. The van der Waals surface area contributed by atoms with E-state index in [-0.39, 0.29) is 18.0 Å². The lowest BCUT2D eigenvalue weighted by atomic mass is 10.1. The summed E-state index contributed by atoms with van der Waals surface area (Å²) in [6.45, 7) is 0. The zero-order chi connectivity index (χ0) is 12.5. The monoisotopic (exact) mass is 243 g/mol. The van der Waals surface area contributed by atoms with Gasteiger partial charge in [0, 0.05) is 34.7 Å². The predicted octanol–water partition coefficient (Wildman–Crippen LogP) is 1.78. The third kappa shape index (κ3) is 1.99. The van der Waals surface area contributed by atoms with Crippen molar-refractivity contribution in [2.75, 3.05) is 0 Å². The first kappa shape index (κ1) is 11.3. The van der Waals surface area contributed by atoms with Gasteiger partial charge < -0.3 is 16.0 Å². The number of hydrogen-bond acceptors (Lipinski definition) is 2. The van der Waals surface area contributed by atoms with Crippen LogP contribution in [0.2, 0.25) is 0 Å². The van der Waals surface area contributed by atoms with Crippen LogP contribution in [-0.4, -0.2) is 23.0 Å². The smallest absolute Gasteiger partial charge is 0.251 e. The normalized spacial score (nSPS) is 23.4. The molecule has 1 aliphatic carbocycles. The van der Waals surface area contributed by atoms with Crippen LogP contribution in [0.5, 0.6) is 0 Å². The molecule has 1 saturated carbocycles. The summed E-state index contributed by atoms with van der Waals surface area (Å²) in [6, 6.07) is 7.87. The molecule has 1 aromatic heterocycles. The van der Waals surface area contributed by atoms with Crippen LogP contribution in [0, 0.1) is 0 Å². The quantitative estimate of drug-likeness (QED) is 0.752. The van der Waals surface area contributed by atoms with E-state index >= 15 is 0 Å². The lowest BCUT2D eigenvalue weighted by molar-refractivity contribution is 0.0935. The molecule has 2 atom stereocenters. The SMILES string of the molecule is NC1CCCC1NC(=O)c1ccc2[nH]ccc2c1. The third-order valence-corrected chi connectivity index (χ3v) is 3.70. The number of benzene rings is 1. The average Bonchev–Trinajstić information content (AvgIpc) is 2.98. The summed E-state index contributed by atoms with van der Waals surface area (Å²) in [4.78, 5) is 15.2. The molecule has 0 radical (unpaired) electrons. The molecule has 3 rings (SSSR count). The van der Waals surface area contributed by atoms with Crippen LogP contribution in [-0.2, 0) is 0 Å². The van der Waals surface area contributed by atoms with Gasteiger partial charge in [-0.1, -0.05) is 0 Å². The summed E-state index contributed by atoms with van der Waals surface area (Å²) < 4.78 is 0. The Morgan fingerprint density at radius 2 is 2.22 bits per heavy atom. The number of nitrogens with two attached hydrogens (primary N) is 1. The van der Waals surface area contributed by atoms with Gasteiger partial charge in [0.25, 0.3) is 5.91 Å². The van der Waals surface area contributed by atoms with E-state index in [1.54, 1.807) is 0 Å². The minimum absolute atomic E-state index is 0.0274. The first-order valence-corrected chi connectivity index (χ1v) is 6.37. The van der Waals surface area contributed by atoms with Crippen molar-refractivity contribution < 1.29 is 4.79 Å². The second-order valence-electron chi connectivity index (χ2n) is 4.95. The maximum atomic E-state index is 12.1. The fourth-order valence-corrected chi connectivity index (χ4v) is 2.61. The Kier molecular flexibility index (Phi) is 2.80. The molecule has 1 aliphatic rings. The van der Waals surface area contributed by atoms with Gasteiger partial charge in [0.15, 0.2) is 0 Å². The summed E-state index contributed by atoms with van der Waals surface area (Å²) in [5, 5.41) is 4.08. The highest BCUT2D eigenvalue weighted by Crippen LogP contribution is 2.18. The van der Waals surface area contributed by atoms with Gasteiger partial charge in [-0.05, 0) is 43.5 Å². The second-order valence-corrected chi connectivity index (χ2v) is 4.95. The Balaban J connectivity index is 1.78. The zero-order valence-electron chi connectivity index (χ0n) is 10.1. The molecule has 2 aromatic rings. The lowest BCUT2D eigenvalue weighted by Gasteiger charge is -2.17. The van der Waals surface area contributed by atoms with Crippen LogP contribution in [0.25, 0.3) is 10.9 Å². The van der Waals surface area contributed by atoms with Crippen LogP contribution in [0.4, 0.5) is 0 Å². The minimum Gasteiger partial charge on any atom is -0.361 e. The highest BCUT2D eigenvalue weighted by molar-refractivity contribution is 5.98. The predicted molar refractivity (Wildman–Crippen MR) is 71.4 cm³/mol. The summed E-state index contributed by atoms with van der Waals surface area (Å²) in [5.74, 6) is -0.0274. The molecule has 0 bridgehead atoms. The van der Waals surface area contributed by atoms with Gasteiger partial charge in [-0.25, -0.2) is 0 Å². The summed E-state index contributed by atoms with van der Waals surface area (Å²) in [5.41, 5.74) is 7.70. The number of rotatable bonds is 2. The molecule has 1 amide bonds. The van der Waals surface area contributed by atoms with E-state index in [9.17, 15) is 4.79 Å². The molecule has 1 aromatic carbocycles. The number of carbonyl (C=O) groups excluding carboxylic acids is 1. The Morgan fingerprint density at radius 3 is 3.00 bits per heavy atom. The van der Waals surface area contributed by atoms with Crippen LogP contribution in [0.3, 0.4) is 0 Å². The number of hydrogen-bond donors (Lipinski definition) is 3. The van der Waals surface area contributed by atoms with Gasteiger partial charge in [0.2, 0.25) is 0 Å². The first-order valence-electron chi connectivity index (χ1n) is 6.37. The molecular formula is C14H17N3O. The van der Waals surface area contributed by atoms with Gasteiger partial charge in [0.1, 0.15) is 0 Å². The first-order chi connectivity index (χ1) is 8.74. The van der Waals surface area contributed by atoms with E-state index in [2.05, 4.69) is 10.3 Å². The zero-order valence-corrected chi connectivity index (χ0v) is 10.1. The van der Waals surface area contributed by atoms with Crippen molar-refractivity contribution in [3.8, 4) is 0 Å². The standard InChI is InChI=1S/C14H17N3O/c15-11-2-1-3-13(11)17-14(18)10-4-5-12-9(8-10)6-7-16-12/h4-8,11,13,16H,1-3,15H2,(H,17,18). The molecule has 4 nitrogen and oxygen atoms in total. The molecule has 4 heteroatoms. The molecule has 0 spiro atoms. The largest absolute Gasteiger partial charge is 0.361 e. The van der Waals surface area contributed by atoms with E-state index < -0.39 is 0 Å². The number of H-pyrrole nitrogens is 1. The summed E-state index contributed by atoms with van der Waals surface area (Å²) in [6.07, 6.45) is 4.96. The van der Waals surface area contributed by atoms with Crippen LogP contribution in [0.15, 0.2) is 30.5 Å².